The van der Waals surface area contributed by atoms with Gasteiger partial charge in [0.05, 0.1) is 63.5 Å². The quantitative estimate of drug-likeness (QED) is 0.0414. The molecule has 2 heterocycles. The van der Waals surface area contributed by atoms with Crippen LogP contribution in [-0.2, 0) is 64.4 Å². The average molecular weight is 870 g/mol. The van der Waals surface area contributed by atoms with Crippen molar-refractivity contribution < 1.29 is 47.7 Å². The molecular formula is C51H55N3O10. The summed E-state index contributed by atoms with van der Waals surface area (Å²) in [6, 6.07) is 35.8. The maximum atomic E-state index is 13.9. The van der Waals surface area contributed by atoms with Crippen LogP contribution in [0.3, 0.4) is 0 Å². The lowest BCUT2D eigenvalue weighted by molar-refractivity contribution is -0.322. The van der Waals surface area contributed by atoms with Crippen LogP contribution in [0.25, 0.3) is 16.0 Å². The summed E-state index contributed by atoms with van der Waals surface area (Å²) >= 11 is 0. The van der Waals surface area contributed by atoms with Crippen molar-refractivity contribution in [3.8, 4) is 11.5 Å². The van der Waals surface area contributed by atoms with Gasteiger partial charge in [0.15, 0.2) is 11.9 Å². The smallest absolute Gasteiger partial charge is 0.237 e. The van der Waals surface area contributed by atoms with E-state index in [4.69, 9.17) is 42.6 Å². The Balaban J connectivity index is 1.31. The molecule has 0 aromatic heterocycles. The minimum absolute atomic E-state index is 0.158. The highest BCUT2D eigenvalue weighted by atomic mass is 16.7. The molecule has 13 heteroatoms. The summed E-state index contributed by atoms with van der Waals surface area (Å²) < 4.78 is 58.1. The summed E-state index contributed by atoms with van der Waals surface area (Å²) in [4.78, 5) is 3.33. The number of aryl methyl sites for hydroxylation is 1. The second-order valence-electron chi connectivity index (χ2n) is 16.2. The fourth-order valence-corrected chi connectivity index (χ4v) is 9.35. The maximum absolute atomic E-state index is 13.9. The van der Waals surface area contributed by atoms with Crippen molar-refractivity contribution in [3.05, 3.63) is 182 Å². The first kappa shape index (κ1) is 45.0. The molecule has 6 atom stereocenters. The SMILES string of the molecule is C=C(c1c(OC)cc(C)cc1C1OCCCO1)C1(O)c2c(C3O[C@@H](C)[C@@H](OCc4ccccc4)[C@@H](N=[N+]=[N-])[C@@H]3OCc3ccccc3)ccc(OCc3ccccc3)c2C1(OC)OC. The molecule has 0 amide bonds. The van der Waals surface area contributed by atoms with Crippen molar-refractivity contribution in [2.75, 3.05) is 34.5 Å². The van der Waals surface area contributed by atoms with Crippen LogP contribution in [0.1, 0.15) is 75.8 Å². The fraction of sp³-hybridized carbons (Fsp3) is 0.373. The molecule has 3 aliphatic rings. The summed E-state index contributed by atoms with van der Waals surface area (Å²) in [6.45, 7) is 10.0. The number of hydrogen-bond donors (Lipinski definition) is 1. The summed E-state index contributed by atoms with van der Waals surface area (Å²) in [6.07, 6.45) is -3.25. The lowest BCUT2D eigenvalue weighted by atomic mass is 9.59. The Hall–Kier alpha value is -5.57. The van der Waals surface area contributed by atoms with Gasteiger partial charge < -0.3 is 47.7 Å². The van der Waals surface area contributed by atoms with E-state index in [1.54, 1.807) is 7.11 Å². The van der Waals surface area contributed by atoms with Gasteiger partial charge >= 0.3 is 0 Å². The summed E-state index contributed by atoms with van der Waals surface area (Å²) in [5.41, 5.74) is 14.2. The maximum Gasteiger partial charge on any atom is 0.237 e. The highest BCUT2D eigenvalue weighted by Gasteiger charge is 2.70. The minimum atomic E-state index is -2.15. The summed E-state index contributed by atoms with van der Waals surface area (Å²) in [5.74, 6) is -1.04. The third kappa shape index (κ3) is 8.31. The standard InChI is InChI=1S/C51H55N3O10/c1-32-27-39(49-59-25-16-26-60-49)42(41(28-32)56-4)33(2)50(55)43-38(23-24-40(44(43)51(50,57-5)58-6)61-29-35-17-10-7-11-18-35)47-48(63-31-37-21-14-9-15-22-37)45(53-54-52)46(34(3)64-47)62-30-36-19-12-8-13-20-36/h7-15,17-24,27-28,34,45-49,55H,2,16,25-26,29-31H2,1,3-6H3/t34-,45+,46+,47?,48-,50?/m0/s1. The molecule has 5 aromatic carbocycles. The van der Waals surface area contributed by atoms with E-state index in [2.05, 4.69) is 16.6 Å². The van der Waals surface area contributed by atoms with Gasteiger partial charge in [-0.3, -0.25) is 0 Å². The second-order valence-corrected chi connectivity index (χ2v) is 16.2. The van der Waals surface area contributed by atoms with Crippen LogP contribution in [0.5, 0.6) is 11.5 Å². The molecule has 0 bridgehead atoms. The second kappa shape index (κ2) is 19.7. The highest BCUT2D eigenvalue weighted by molar-refractivity contribution is 5.85. The first-order valence-corrected chi connectivity index (χ1v) is 21.5. The Morgan fingerprint density at radius 1 is 0.766 bits per heavy atom. The number of fused-ring (bicyclic) bond motifs is 1. The zero-order valence-electron chi connectivity index (χ0n) is 36.8. The van der Waals surface area contributed by atoms with Crippen molar-refractivity contribution in [2.45, 2.75) is 88.2 Å². The van der Waals surface area contributed by atoms with Gasteiger partial charge in [-0.2, -0.15) is 0 Å². The van der Waals surface area contributed by atoms with Crippen LogP contribution in [0.15, 0.2) is 127 Å². The third-order valence-electron chi connectivity index (χ3n) is 12.4. The number of methoxy groups -OCH3 is 3. The third-order valence-corrected chi connectivity index (χ3v) is 12.4. The van der Waals surface area contributed by atoms with E-state index in [0.717, 1.165) is 28.7 Å². The molecule has 0 spiro atoms. The highest BCUT2D eigenvalue weighted by Crippen LogP contribution is 2.67. The molecule has 2 unspecified atom stereocenters. The number of nitrogens with zero attached hydrogens (tertiary/aromatic N) is 3. The topological polar surface area (TPSA) is 152 Å². The van der Waals surface area contributed by atoms with Crippen molar-refractivity contribution in [2.24, 2.45) is 5.11 Å². The number of aliphatic hydroxyl groups is 1. The molecule has 1 aliphatic carbocycles. The van der Waals surface area contributed by atoms with E-state index in [0.29, 0.717) is 52.5 Å². The Labute approximate surface area is 374 Å². The molecule has 5 aromatic rings. The molecule has 2 fully saturated rings. The Morgan fingerprint density at radius 2 is 1.34 bits per heavy atom. The lowest BCUT2D eigenvalue weighted by Crippen LogP contribution is -2.63. The van der Waals surface area contributed by atoms with Crippen molar-refractivity contribution in [1.82, 2.24) is 0 Å². The first-order chi connectivity index (χ1) is 31.2. The van der Waals surface area contributed by atoms with E-state index < -0.39 is 48.1 Å². The normalized spacial score (nSPS) is 23.9. The van der Waals surface area contributed by atoms with Crippen LogP contribution < -0.4 is 9.47 Å². The molecule has 0 radical (unpaired) electrons. The summed E-state index contributed by atoms with van der Waals surface area (Å²) in [5, 5.41) is 18.2. The molecule has 1 N–H and O–H groups in total. The average Bonchev–Trinajstić information content (AvgIpc) is 3.33. The van der Waals surface area contributed by atoms with E-state index in [-0.39, 0.29) is 25.4 Å². The van der Waals surface area contributed by atoms with Gasteiger partial charge in [0.1, 0.15) is 24.2 Å². The van der Waals surface area contributed by atoms with Gasteiger partial charge in [0, 0.05) is 35.8 Å². The van der Waals surface area contributed by atoms with E-state index in [9.17, 15) is 10.6 Å². The van der Waals surface area contributed by atoms with Gasteiger partial charge in [0.25, 0.3) is 0 Å². The van der Waals surface area contributed by atoms with Gasteiger partial charge in [-0.25, -0.2) is 0 Å². The van der Waals surface area contributed by atoms with Crippen LogP contribution in [0.2, 0.25) is 0 Å². The predicted octanol–water partition coefficient (Wildman–Crippen LogP) is 9.69. The van der Waals surface area contributed by atoms with Crippen molar-refractivity contribution in [1.29, 1.82) is 0 Å². The van der Waals surface area contributed by atoms with Gasteiger partial charge in [-0.1, -0.05) is 115 Å². The predicted molar refractivity (Wildman–Crippen MR) is 239 cm³/mol. The number of ether oxygens (including phenoxy) is 9. The van der Waals surface area contributed by atoms with Crippen molar-refractivity contribution in [3.63, 3.8) is 0 Å². The van der Waals surface area contributed by atoms with Crippen LogP contribution in [0.4, 0.5) is 0 Å². The largest absolute Gasteiger partial charge is 0.496 e. The number of benzene rings is 5. The molecule has 334 valence electrons. The molecule has 0 saturated carbocycles. The van der Waals surface area contributed by atoms with Gasteiger partial charge in [0.2, 0.25) is 5.79 Å². The molecule has 8 rings (SSSR count). The molecule has 2 saturated heterocycles. The molecule has 64 heavy (non-hydrogen) atoms. The van der Waals surface area contributed by atoms with E-state index in [1.165, 1.54) is 14.2 Å². The number of azide groups is 1. The Kier molecular flexibility index (Phi) is 13.8. The zero-order valence-corrected chi connectivity index (χ0v) is 36.8. The number of hydrogen-bond acceptors (Lipinski definition) is 11. The first-order valence-electron chi connectivity index (χ1n) is 21.5. The van der Waals surface area contributed by atoms with Crippen LogP contribution in [0, 0.1) is 6.92 Å². The Bertz CT molecular complexity index is 2440. The lowest BCUT2D eigenvalue weighted by Gasteiger charge is -2.57. The monoisotopic (exact) mass is 869 g/mol. The minimum Gasteiger partial charge on any atom is -0.496 e. The van der Waals surface area contributed by atoms with Crippen LogP contribution >= 0.6 is 0 Å². The fourth-order valence-electron chi connectivity index (χ4n) is 9.35. The van der Waals surface area contributed by atoms with E-state index in [1.807, 2.05) is 129 Å². The van der Waals surface area contributed by atoms with Crippen molar-refractivity contribution >= 4 is 5.57 Å². The molecule has 13 nitrogen and oxygen atoms in total. The zero-order chi connectivity index (χ0) is 44.8. The molecule has 2 aliphatic heterocycles. The van der Waals surface area contributed by atoms with Gasteiger partial charge in [-0.05, 0) is 71.3 Å². The Morgan fingerprint density at radius 3 is 1.91 bits per heavy atom. The molecular weight excluding hydrogens is 815 g/mol. The number of rotatable bonds is 17. The van der Waals surface area contributed by atoms with Gasteiger partial charge in [-0.15, -0.1) is 0 Å². The van der Waals surface area contributed by atoms with E-state index >= 15 is 0 Å². The van der Waals surface area contributed by atoms with Crippen LogP contribution in [-0.4, -0.2) is 64.0 Å². The summed E-state index contributed by atoms with van der Waals surface area (Å²) in [7, 11) is 4.50.